The Morgan fingerprint density at radius 3 is 3.08 bits per heavy atom. The molecule has 3 nitrogen and oxygen atoms in total. The Kier molecular flexibility index (Phi) is 2.43. The number of nitrogens with zero attached hydrogens (tertiary/aromatic N) is 3. The summed E-state index contributed by atoms with van der Waals surface area (Å²) in [5, 5.41) is 0. The molecule has 12 heavy (non-hydrogen) atoms. The summed E-state index contributed by atoms with van der Waals surface area (Å²) in [5.74, 6) is 1.06. The molecule has 0 amide bonds. The first-order chi connectivity index (χ1) is 5.86. The number of alkyl halides is 1. The van der Waals surface area contributed by atoms with Crippen molar-refractivity contribution in [2.75, 3.05) is 18.0 Å². The molecule has 1 aromatic heterocycles. The summed E-state index contributed by atoms with van der Waals surface area (Å²) in [5.41, 5.74) is 0. The van der Waals surface area contributed by atoms with E-state index in [4.69, 9.17) is 0 Å². The molecule has 1 fully saturated rings. The first kappa shape index (κ1) is 8.22. The van der Waals surface area contributed by atoms with E-state index in [2.05, 4.69) is 37.5 Å². The van der Waals surface area contributed by atoms with Gasteiger partial charge in [0.05, 0.1) is 0 Å². The van der Waals surface area contributed by atoms with E-state index in [1.807, 2.05) is 6.07 Å². The van der Waals surface area contributed by atoms with Crippen LogP contribution in [0.3, 0.4) is 0 Å². The van der Waals surface area contributed by atoms with Gasteiger partial charge in [-0.2, -0.15) is 0 Å². The van der Waals surface area contributed by atoms with Crippen molar-refractivity contribution in [2.24, 2.45) is 0 Å². The summed E-state index contributed by atoms with van der Waals surface area (Å²) in [4.78, 5) is 10.4. The van der Waals surface area contributed by atoms with Crippen LogP contribution in [0.5, 0.6) is 0 Å². The maximum atomic E-state index is 4.21. The highest BCUT2D eigenvalue weighted by atomic mass is 127. The van der Waals surface area contributed by atoms with E-state index in [0.29, 0.717) is 0 Å². The largest absolute Gasteiger partial charge is 0.355 e. The highest BCUT2D eigenvalue weighted by Crippen LogP contribution is 2.21. The Bertz CT molecular complexity index is 252. The van der Waals surface area contributed by atoms with Crippen molar-refractivity contribution in [3.05, 3.63) is 18.6 Å². The molecule has 0 spiro atoms. The minimum atomic E-state index is 0.776. The zero-order valence-electron chi connectivity index (χ0n) is 6.65. The van der Waals surface area contributed by atoms with Crippen LogP contribution >= 0.6 is 22.6 Å². The van der Waals surface area contributed by atoms with Crippen molar-refractivity contribution in [3.63, 3.8) is 0 Å². The number of aromatic nitrogens is 2. The van der Waals surface area contributed by atoms with Crippen LogP contribution < -0.4 is 4.90 Å². The van der Waals surface area contributed by atoms with Crippen molar-refractivity contribution in [2.45, 2.75) is 10.3 Å². The lowest BCUT2D eigenvalue weighted by Crippen LogP contribution is -2.20. The van der Waals surface area contributed by atoms with Crippen LogP contribution in [0.1, 0.15) is 6.42 Å². The topological polar surface area (TPSA) is 29.0 Å². The van der Waals surface area contributed by atoms with Gasteiger partial charge in [0.2, 0.25) is 0 Å². The zero-order chi connectivity index (χ0) is 8.39. The van der Waals surface area contributed by atoms with E-state index in [1.54, 1.807) is 12.5 Å². The highest BCUT2D eigenvalue weighted by molar-refractivity contribution is 14.1. The molecule has 1 aliphatic heterocycles. The third-order valence-corrected chi connectivity index (χ3v) is 3.04. The maximum absolute atomic E-state index is 4.21. The van der Waals surface area contributed by atoms with Crippen molar-refractivity contribution in [1.82, 2.24) is 9.97 Å². The molecule has 1 atom stereocenters. The summed E-state index contributed by atoms with van der Waals surface area (Å²) >= 11 is 2.49. The van der Waals surface area contributed by atoms with Crippen LogP contribution in [0.25, 0.3) is 0 Å². The highest BCUT2D eigenvalue weighted by Gasteiger charge is 2.20. The molecule has 1 saturated heterocycles. The Morgan fingerprint density at radius 2 is 2.50 bits per heavy atom. The molecule has 0 aromatic carbocycles. The first-order valence-electron chi connectivity index (χ1n) is 4.01. The lowest BCUT2D eigenvalue weighted by Gasteiger charge is -2.15. The van der Waals surface area contributed by atoms with E-state index >= 15 is 0 Å². The normalized spacial score (nSPS) is 23.1. The van der Waals surface area contributed by atoms with Gasteiger partial charge in [-0.25, -0.2) is 9.97 Å². The van der Waals surface area contributed by atoms with Crippen LogP contribution in [0, 0.1) is 0 Å². The summed E-state index contributed by atoms with van der Waals surface area (Å²) in [6.07, 6.45) is 4.67. The number of hydrogen-bond acceptors (Lipinski definition) is 3. The van der Waals surface area contributed by atoms with Crippen molar-refractivity contribution in [1.29, 1.82) is 0 Å². The number of hydrogen-bond donors (Lipinski definition) is 0. The van der Waals surface area contributed by atoms with Crippen molar-refractivity contribution < 1.29 is 0 Å². The van der Waals surface area contributed by atoms with E-state index in [9.17, 15) is 0 Å². The average molecular weight is 275 g/mol. The van der Waals surface area contributed by atoms with Crippen LogP contribution in [-0.2, 0) is 0 Å². The van der Waals surface area contributed by atoms with Crippen LogP contribution in [0.15, 0.2) is 18.6 Å². The molecule has 2 rings (SSSR count). The number of halogens is 1. The van der Waals surface area contributed by atoms with E-state index in [1.165, 1.54) is 6.42 Å². The van der Waals surface area contributed by atoms with Gasteiger partial charge in [-0.3, -0.25) is 0 Å². The summed E-state index contributed by atoms with van der Waals surface area (Å²) in [6.45, 7) is 2.25. The molecule has 64 valence electrons. The van der Waals surface area contributed by atoms with Gasteiger partial charge >= 0.3 is 0 Å². The van der Waals surface area contributed by atoms with Crippen LogP contribution in [0.2, 0.25) is 0 Å². The lowest BCUT2D eigenvalue weighted by molar-refractivity contribution is 0.928. The van der Waals surface area contributed by atoms with Gasteiger partial charge in [-0.05, 0) is 12.5 Å². The lowest BCUT2D eigenvalue weighted by atomic mass is 10.4. The van der Waals surface area contributed by atoms with E-state index in [0.717, 1.165) is 22.8 Å². The van der Waals surface area contributed by atoms with Crippen LogP contribution in [0.4, 0.5) is 5.82 Å². The molecule has 0 N–H and O–H groups in total. The monoisotopic (exact) mass is 275 g/mol. The quantitative estimate of drug-likeness (QED) is 0.574. The van der Waals surface area contributed by atoms with E-state index < -0.39 is 0 Å². The van der Waals surface area contributed by atoms with Gasteiger partial charge in [0.1, 0.15) is 12.1 Å². The number of rotatable bonds is 1. The first-order valence-corrected chi connectivity index (χ1v) is 5.26. The number of anilines is 1. The van der Waals surface area contributed by atoms with E-state index in [-0.39, 0.29) is 0 Å². The molecule has 4 heteroatoms. The predicted octanol–water partition coefficient (Wildman–Crippen LogP) is 1.49. The molecule has 2 heterocycles. The van der Waals surface area contributed by atoms with Crippen molar-refractivity contribution in [3.8, 4) is 0 Å². The second kappa shape index (κ2) is 3.55. The van der Waals surface area contributed by atoms with Crippen molar-refractivity contribution >= 4 is 28.4 Å². The molecular weight excluding hydrogens is 265 g/mol. The third-order valence-electron chi connectivity index (χ3n) is 2.02. The standard InChI is InChI=1S/C8H10IN3/c9-7-2-4-12(5-7)8-1-3-10-6-11-8/h1,3,6-7H,2,4-5H2. The minimum Gasteiger partial charge on any atom is -0.355 e. The summed E-state index contributed by atoms with van der Waals surface area (Å²) in [7, 11) is 0. The predicted molar refractivity (Wildman–Crippen MR) is 56.7 cm³/mol. The van der Waals surface area contributed by atoms with Crippen LogP contribution in [-0.4, -0.2) is 27.0 Å². The Balaban J connectivity index is 2.11. The fourth-order valence-corrected chi connectivity index (χ4v) is 2.15. The van der Waals surface area contributed by atoms with Gasteiger partial charge in [-0.15, -0.1) is 0 Å². The Labute approximate surface area is 85.3 Å². The second-order valence-electron chi connectivity index (χ2n) is 2.90. The molecule has 1 unspecified atom stereocenters. The molecule has 1 aliphatic rings. The molecule has 0 aliphatic carbocycles. The summed E-state index contributed by atoms with van der Waals surface area (Å²) in [6, 6.07) is 1.97. The smallest absolute Gasteiger partial charge is 0.131 e. The molecule has 0 saturated carbocycles. The molecular formula is C8H10IN3. The fourth-order valence-electron chi connectivity index (χ4n) is 1.40. The third kappa shape index (κ3) is 1.68. The van der Waals surface area contributed by atoms with Gasteiger partial charge in [0.15, 0.2) is 0 Å². The van der Waals surface area contributed by atoms with Gasteiger partial charge in [0.25, 0.3) is 0 Å². The second-order valence-corrected chi connectivity index (χ2v) is 4.66. The molecule has 0 radical (unpaired) electrons. The molecule has 0 bridgehead atoms. The fraction of sp³-hybridized carbons (Fsp3) is 0.500. The minimum absolute atomic E-state index is 0.776. The zero-order valence-corrected chi connectivity index (χ0v) is 8.81. The van der Waals surface area contributed by atoms with Gasteiger partial charge in [0, 0.05) is 23.2 Å². The Hall–Kier alpha value is -0.390. The van der Waals surface area contributed by atoms with Gasteiger partial charge in [-0.1, -0.05) is 22.6 Å². The average Bonchev–Trinajstić information content (AvgIpc) is 2.54. The summed E-state index contributed by atoms with van der Waals surface area (Å²) < 4.78 is 0.776. The van der Waals surface area contributed by atoms with Gasteiger partial charge < -0.3 is 4.90 Å². The maximum Gasteiger partial charge on any atom is 0.131 e. The molecule has 1 aromatic rings. The SMILES string of the molecule is IC1CCN(c2ccncn2)C1. The Morgan fingerprint density at radius 1 is 1.58 bits per heavy atom.